The normalized spacial score (nSPS) is 12.0. The first-order valence-electron chi connectivity index (χ1n) is 7.52. The van der Waals surface area contributed by atoms with Crippen LogP contribution in [-0.2, 0) is 4.79 Å². The van der Waals surface area contributed by atoms with Gasteiger partial charge >= 0.3 is 0 Å². The number of nitrogens with zero attached hydrogens (tertiary/aromatic N) is 3. The van der Waals surface area contributed by atoms with Crippen molar-refractivity contribution < 1.29 is 9.18 Å². The summed E-state index contributed by atoms with van der Waals surface area (Å²) < 4.78 is 14.8. The van der Waals surface area contributed by atoms with Crippen LogP contribution in [0.4, 0.5) is 10.1 Å². The molecule has 0 fully saturated rings. The summed E-state index contributed by atoms with van der Waals surface area (Å²) in [6, 6.07) is 11.0. The van der Waals surface area contributed by atoms with Gasteiger partial charge in [-0.1, -0.05) is 41.0 Å². The lowest BCUT2D eigenvalue weighted by molar-refractivity contribution is -0.115. The monoisotopic (exact) mass is 410 g/mol. The average Bonchev–Trinajstić information content (AvgIpc) is 3.05. The molecule has 26 heavy (non-hydrogen) atoms. The number of rotatable bonds is 5. The first-order valence-corrected chi connectivity index (χ1v) is 9.16. The van der Waals surface area contributed by atoms with E-state index in [0.29, 0.717) is 15.9 Å². The summed E-state index contributed by atoms with van der Waals surface area (Å²) >= 11 is 13.2. The molecule has 134 valence electrons. The van der Waals surface area contributed by atoms with Gasteiger partial charge in [0, 0.05) is 5.02 Å². The molecule has 3 rings (SSSR count). The zero-order valence-electron chi connectivity index (χ0n) is 13.5. The molecule has 0 aliphatic carbocycles. The van der Waals surface area contributed by atoms with Crippen molar-refractivity contribution in [1.29, 1.82) is 0 Å². The van der Waals surface area contributed by atoms with E-state index in [9.17, 15) is 9.18 Å². The molecule has 5 nitrogen and oxygen atoms in total. The molecule has 3 aromatic rings. The van der Waals surface area contributed by atoms with Crippen molar-refractivity contribution in [3.05, 3.63) is 64.7 Å². The van der Waals surface area contributed by atoms with Gasteiger partial charge in [-0.2, -0.15) is 0 Å². The number of thioether (sulfide) groups is 1. The summed E-state index contributed by atoms with van der Waals surface area (Å²) in [4.78, 5) is 12.4. The maximum Gasteiger partial charge on any atom is 0.237 e. The van der Waals surface area contributed by atoms with E-state index in [1.54, 1.807) is 30.0 Å². The molecule has 0 spiro atoms. The molecule has 1 heterocycles. The van der Waals surface area contributed by atoms with E-state index in [0.717, 1.165) is 11.8 Å². The van der Waals surface area contributed by atoms with Gasteiger partial charge in [-0.05, 0) is 43.3 Å². The SMILES string of the molecule is CC(Sc1nncn1-c1cccc(Cl)c1)C(=O)Nc1ccc(F)cc1Cl. The van der Waals surface area contributed by atoms with E-state index in [2.05, 4.69) is 15.5 Å². The van der Waals surface area contributed by atoms with Crippen molar-refractivity contribution in [3.8, 4) is 5.69 Å². The Kier molecular flexibility index (Phi) is 5.80. The van der Waals surface area contributed by atoms with Crippen LogP contribution in [0.1, 0.15) is 6.92 Å². The minimum atomic E-state index is -0.488. The van der Waals surface area contributed by atoms with Crippen molar-refractivity contribution in [2.75, 3.05) is 5.32 Å². The van der Waals surface area contributed by atoms with Crippen molar-refractivity contribution in [3.63, 3.8) is 0 Å². The Bertz CT molecular complexity index is 950. The average molecular weight is 411 g/mol. The number of hydrogen-bond acceptors (Lipinski definition) is 4. The van der Waals surface area contributed by atoms with Crippen molar-refractivity contribution in [1.82, 2.24) is 14.8 Å². The zero-order valence-corrected chi connectivity index (χ0v) is 15.8. The lowest BCUT2D eigenvalue weighted by Crippen LogP contribution is -2.23. The largest absolute Gasteiger partial charge is 0.324 e. The van der Waals surface area contributed by atoms with Crippen LogP contribution < -0.4 is 5.32 Å². The first kappa shape index (κ1) is 18.7. The highest BCUT2D eigenvalue weighted by Crippen LogP contribution is 2.27. The molecule has 9 heteroatoms. The summed E-state index contributed by atoms with van der Waals surface area (Å²) in [5.41, 5.74) is 1.14. The van der Waals surface area contributed by atoms with Crippen LogP contribution in [0.3, 0.4) is 0 Å². The number of benzene rings is 2. The van der Waals surface area contributed by atoms with E-state index in [1.165, 1.54) is 23.9 Å². The number of amides is 1. The van der Waals surface area contributed by atoms with Crippen LogP contribution in [-0.4, -0.2) is 25.9 Å². The molecule has 1 N–H and O–H groups in total. The summed E-state index contributed by atoms with van der Waals surface area (Å²) in [6.07, 6.45) is 1.55. The predicted molar refractivity (Wildman–Crippen MR) is 102 cm³/mol. The quantitative estimate of drug-likeness (QED) is 0.611. The summed E-state index contributed by atoms with van der Waals surface area (Å²) in [6.45, 7) is 1.73. The lowest BCUT2D eigenvalue weighted by Gasteiger charge is -2.13. The van der Waals surface area contributed by atoms with Gasteiger partial charge in [0.15, 0.2) is 5.16 Å². The van der Waals surface area contributed by atoms with Gasteiger partial charge in [-0.15, -0.1) is 10.2 Å². The number of nitrogens with one attached hydrogen (secondary N) is 1. The van der Waals surface area contributed by atoms with Crippen molar-refractivity contribution >= 4 is 46.6 Å². The molecule has 1 amide bonds. The number of aromatic nitrogens is 3. The maximum absolute atomic E-state index is 13.1. The molecule has 0 radical (unpaired) electrons. The highest BCUT2D eigenvalue weighted by Gasteiger charge is 2.19. The molecular weight excluding hydrogens is 398 g/mol. The second-order valence-corrected chi connectivity index (χ2v) is 7.49. The van der Waals surface area contributed by atoms with Crippen LogP contribution in [0, 0.1) is 5.82 Å². The Morgan fingerprint density at radius 3 is 2.81 bits per heavy atom. The second-order valence-electron chi connectivity index (χ2n) is 5.34. The predicted octanol–water partition coefficient (Wildman–Crippen LogP) is 4.83. The van der Waals surface area contributed by atoms with E-state index in [4.69, 9.17) is 23.2 Å². The summed E-state index contributed by atoms with van der Waals surface area (Å²) in [5.74, 6) is -0.755. The van der Waals surface area contributed by atoms with E-state index < -0.39 is 11.1 Å². The van der Waals surface area contributed by atoms with Crippen molar-refractivity contribution in [2.45, 2.75) is 17.3 Å². The Morgan fingerprint density at radius 1 is 1.27 bits per heavy atom. The molecule has 1 aromatic heterocycles. The Labute approximate surface area is 163 Å². The molecule has 2 aromatic carbocycles. The van der Waals surface area contributed by atoms with Gasteiger partial charge in [-0.3, -0.25) is 9.36 Å². The molecular formula is C17H13Cl2FN4OS. The second kappa shape index (κ2) is 8.07. The van der Waals surface area contributed by atoms with E-state index in [1.807, 2.05) is 12.1 Å². The van der Waals surface area contributed by atoms with Crippen LogP contribution in [0.5, 0.6) is 0 Å². The third kappa shape index (κ3) is 4.35. The Morgan fingerprint density at radius 2 is 2.08 bits per heavy atom. The number of carbonyl (C=O) groups is 1. The molecule has 0 bridgehead atoms. The Hall–Kier alpha value is -2.09. The topological polar surface area (TPSA) is 59.8 Å². The highest BCUT2D eigenvalue weighted by atomic mass is 35.5. The van der Waals surface area contributed by atoms with Crippen LogP contribution >= 0.6 is 35.0 Å². The minimum Gasteiger partial charge on any atom is -0.324 e. The molecule has 0 saturated heterocycles. The fourth-order valence-electron chi connectivity index (χ4n) is 2.14. The third-order valence-electron chi connectivity index (χ3n) is 3.44. The number of halogens is 3. The lowest BCUT2D eigenvalue weighted by atomic mass is 10.3. The molecule has 0 saturated carbocycles. The summed E-state index contributed by atoms with van der Waals surface area (Å²) in [5, 5.41) is 11.4. The van der Waals surface area contributed by atoms with Crippen LogP contribution in [0.15, 0.2) is 53.9 Å². The first-order chi connectivity index (χ1) is 12.4. The number of hydrogen-bond donors (Lipinski definition) is 1. The smallest absolute Gasteiger partial charge is 0.237 e. The van der Waals surface area contributed by atoms with Gasteiger partial charge in [0.25, 0.3) is 0 Å². The van der Waals surface area contributed by atoms with Gasteiger partial charge in [0.1, 0.15) is 12.1 Å². The fraction of sp³-hybridized carbons (Fsp3) is 0.118. The molecule has 1 unspecified atom stereocenters. The summed E-state index contributed by atoms with van der Waals surface area (Å²) in [7, 11) is 0. The van der Waals surface area contributed by atoms with Crippen LogP contribution in [0.2, 0.25) is 10.0 Å². The molecule has 0 aliphatic heterocycles. The fourth-order valence-corrected chi connectivity index (χ4v) is 3.39. The van der Waals surface area contributed by atoms with Gasteiger partial charge in [0.2, 0.25) is 5.91 Å². The number of carbonyl (C=O) groups excluding carboxylic acids is 1. The van der Waals surface area contributed by atoms with Gasteiger partial charge < -0.3 is 5.32 Å². The minimum absolute atomic E-state index is 0.137. The highest BCUT2D eigenvalue weighted by molar-refractivity contribution is 8.00. The van der Waals surface area contributed by atoms with Crippen molar-refractivity contribution in [2.24, 2.45) is 0 Å². The standard InChI is InChI=1S/C17H13Cl2FN4OS/c1-10(16(25)22-15-6-5-12(20)8-14(15)19)26-17-23-21-9-24(17)13-4-2-3-11(18)7-13/h2-10H,1H3,(H,22,25). The van der Waals surface area contributed by atoms with E-state index in [-0.39, 0.29) is 10.9 Å². The van der Waals surface area contributed by atoms with E-state index >= 15 is 0 Å². The third-order valence-corrected chi connectivity index (χ3v) is 5.05. The van der Waals surface area contributed by atoms with Gasteiger partial charge in [-0.25, -0.2) is 4.39 Å². The van der Waals surface area contributed by atoms with Crippen LogP contribution in [0.25, 0.3) is 5.69 Å². The molecule has 0 aliphatic rings. The number of anilines is 1. The maximum atomic E-state index is 13.1. The zero-order chi connectivity index (χ0) is 18.7. The molecule has 1 atom stereocenters. The van der Waals surface area contributed by atoms with Gasteiger partial charge in [0.05, 0.1) is 21.6 Å². The Balaban J connectivity index is 1.73.